The zero-order chi connectivity index (χ0) is 18.5. The number of phenols is 1. The molecule has 4 rings (SSSR count). The molecular formula is C20H21F2N3O. The number of halogens is 2. The predicted octanol–water partition coefficient (Wildman–Crippen LogP) is 4.64. The molecular weight excluding hydrogens is 336 g/mol. The summed E-state index contributed by atoms with van der Waals surface area (Å²) < 4.78 is 29.2. The van der Waals surface area contributed by atoms with Crippen LogP contribution in [0.1, 0.15) is 26.7 Å². The Hall–Kier alpha value is -2.63. The molecule has 1 aromatic heterocycles. The highest BCUT2D eigenvalue weighted by Gasteiger charge is 2.39. The zero-order valence-corrected chi connectivity index (χ0v) is 14.8. The molecule has 6 heteroatoms. The summed E-state index contributed by atoms with van der Waals surface area (Å²) in [5, 5.41) is 14.0. The van der Waals surface area contributed by atoms with Crippen LogP contribution in [0.3, 0.4) is 0 Å². The van der Waals surface area contributed by atoms with E-state index in [9.17, 15) is 13.9 Å². The zero-order valence-electron chi connectivity index (χ0n) is 14.8. The van der Waals surface area contributed by atoms with Gasteiger partial charge in [-0.3, -0.25) is 0 Å². The van der Waals surface area contributed by atoms with Crippen LogP contribution in [-0.2, 0) is 0 Å². The molecule has 0 aliphatic carbocycles. The lowest BCUT2D eigenvalue weighted by Crippen LogP contribution is -2.55. The van der Waals surface area contributed by atoms with E-state index in [-0.39, 0.29) is 5.52 Å². The highest BCUT2D eigenvalue weighted by atomic mass is 19.1. The van der Waals surface area contributed by atoms with E-state index in [1.54, 1.807) is 0 Å². The van der Waals surface area contributed by atoms with Gasteiger partial charge >= 0.3 is 0 Å². The van der Waals surface area contributed by atoms with Gasteiger partial charge < -0.3 is 10.0 Å². The number of fused-ring (bicyclic) bond motifs is 1. The first kappa shape index (κ1) is 16.8. The van der Waals surface area contributed by atoms with Crippen molar-refractivity contribution in [1.29, 1.82) is 0 Å². The van der Waals surface area contributed by atoms with E-state index in [0.29, 0.717) is 16.5 Å². The van der Waals surface area contributed by atoms with Crippen molar-refractivity contribution in [2.75, 3.05) is 18.0 Å². The number of anilines is 1. The van der Waals surface area contributed by atoms with Gasteiger partial charge in [-0.15, -0.1) is 0 Å². The summed E-state index contributed by atoms with van der Waals surface area (Å²) >= 11 is 0. The highest BCUT2D eigenvalue weighted by Crippen LogP contribution is 2.40. The number of phenolic OH excluding ortho intramolecular Hbond substituents is 1. The summed E-state index contributed by atoms with van der Waals surface area (Å²) in [5.74, 6) is -2.97. The van der Waals surface area contributed by atoms with Crippen LogP contribution in [0.15, 0.2) is 36.5 Å². The Morgan fingerprint density at radius 3 is 2.31 bits per heavy atom. The van der Waals surface area contributed by atoms with Gasteiger partial charge in [-0.25, -0.2) is 13.5 Å². The molecule has 2 aromatic carbocycles. The number of aromatic nitrogens is 2. The molecule has 0 radical (unpaired) electrons. The lowest BCUT2D eigenvalue weighted by Gasteiger charge is -2.51. The standard InChI is InChI=1S/C20H21F2N3O/c1-3-20(4-2)11-24(12-20)14-5-7-15(8-6-14)25-18-13(10-23-25)9-16(21)19(26)17(18)22/h5-10,26H,3-4,11-12H2,1-2H3. The number of hydrogen-bond donors (Lipinski definition) is 1. The van der Waals surface area contributed by atoms with Crippen LogP contribution in [0, 0.1) is 17.0 Å². The summed E-state index contributed by atoms with van der Waals surface area (Å²) in [7, 11) is 0. The summed E-state index contributed by atoms with van der Waals surface area (Å²) in [6.45, 7) is 6.57. The molecule has 0 amide bonds. The molecule has 0 atom stereocenters. The summed E-state index contributed by atoms with van der Waals surface area (Å²) in [6, 6.07) is 8.78. The maximum atomic E-state index is 14.3. The van der Waals surface area contributed by atoms with Gasteiger partial charge in [0.2, 0.25) is 0 Å². The second-order valence-electron chi connectivity index (χ2n) is 7.09. The molecule has 136 valence electrons. The first-order chi connectivity index (χ1) is 12.5. The Balaban J connectivity index is 1.64. The lowest BCUT2D eigenvalue weighted by atomic mass is 9.75. The quantitative estimate of drug-likeness (QED) is 0.740. The minimum Gasteiger partial charge on any atom is -0.503 e. The third-order valence-corrected chi connectivity index (χ3v) is 5.73. The molecule has 4 nitrogen and oxygen atoms in total. The van der Waals surface area contributed by atoms with Crippen LogP contribution in [0.25, 0.3) is 16.6 Å². The van der Waals surface area contributed by atoms with E-state index in [0.717, 1.165) is 24.8 Å². The van der Waals surface area contributed by atoms with Gasteiger partial charge in [-0.1, -0.05) is 13.8 Å². The Kier molecular flexibility index (Phi) is 3.86. The lowest BCUT2D eigenvalue weighted by molar-refractivity contribution is 0.194. The molecule has 1 aliphatic heterocycles. The Morgan fingerprint density at radius 1 is 1.08 bits per heavy atom. The van der Waals surface area contributed by atoms with Crippen molar-refractivity contribution in [3.8, 4) is 11.4 Å². The van der Waals surface area contributed by atoms with Crippen LogP contribution in [0.2, 0.25) is 0 Å². The summed E-state index contributed by atoms with van der Waals surface area (Å²) in [5.41, 5.74) is 2.27. The number of benzene rings is 2. The summed E-state index contributed by atoms with van der Waals surface area (Å²) in [4.78, 5) is 2.33. The van der Waals surface area contributed by atoms with E-state index in [2.05, 4.69) is 23.8 Å². The van der Waals surface area contributed by atoms with Crippen molar-refractivity contribution < 1.29 is 13.9 Å². The molecule has 0 unspecified atom stereocenters. The number of hydrogen-bond acceptors (Lipinski definition) is 3. The van der Waals surface area contributed by atoms with Gasteiger partial charge in [0, 0.05) is 29.6 Å². The maximum absolute atomic E-state index is 14.3. The second-order valence-corrected chi connectivity index (χ2v) is 7.09. The largest absolute Gasteiger partial charge is 0.503 e. The normalized spacial score (nSPS) is 16.1. The smallest absolute Gasteiger partial charge is 0.194 e. The molecule has 1 saturated heterocycles. The minimum atomic E-state index is -1.00. The molecule has 3 aromatic rings. The number of nitrogens with zero attached hydrogens (tertiary/aromatic N) is 3. The first-order valence-electron chi connectivity index (χ1n) is 8.88. The van der Waals surface area contributed by atoms with Crippen molar-refractivity contribution in [2.45, 2.75) is 26.7 Å². The monoisotopic (exact) mass is 357 g/mol. The van der Waals surface area contributed by atoms with E-state index in [4.69, 9.17) is 0 Å². The van der Waals surface area contributed by atoms with Gasteiger partial charge in [-0.2, -0.15) is 5.10 Å². The fourth-order valence-corrected chi connectivity index (χ4v) is 3.75. The van der Waals surface area contributed by atoms with Crippen molar-refractivity contribution in [1.82, 2.24) is 9.78 Å². The fourth-order valence-electron chi connectivity index (χ4n) is 3.75. The van der Waals surface area contributed by atoms with Crippen LogP contribution in [0.5, 0.6) is 5.75 Å². The number of rotatable bonds is 4. The van der Waals surface area contributed by atoms with E-state index >= 15 is 0 Å². The summed E-state index contributed by atoms with van der Waals surface area (Å²) in [6.07, 6.45) is 3.74. The van der Waals surface area contributed by atoms with E-state index < -0.39 is 17.4 Å². The Labute approximate surface area is 150 Å². The molecule has 1 N–H and O–H groups in total. The van der Waals surface area contributed by atoms with Crippen molar-refractivity contribution in [2.24, 2.45) is 5.41 Å². The van der Waals surface area contributed by atoms with Gasteiger partial charge in [0.05, 0.1) is 11.9 Å². The van der Waals surface area contributed by atoms with Crippen LogP contribution >= 0.6 is 0 Å². The van der Waals surface area contributed by atoms with Crippen LogP contribution in [-0.4, -0.2) is 28.0 Å². The van der Waals surface area contributed by atoms with E-state index in [1.807, 2.05) is 24.3 Å². The van der Waals surface area contributed by atoms with Crippen LogP contribution in [0.4, 0.5) is 14.5 Å². The molecule has 1 aliphatic rings. The van der Waals surface area contributed by atoms with Gasteiger partial charge in [0.15, 0.2) is 17.4 Å². The van der Waals surface area contributed by atoms with Gasteiger partial charge in [0.25, 0.3) is 0 Å². The Bertz CT molecular complexity index is 953. The molecule has 0 spiro atoms. The number of aromatic hydroxyl groups is 1. The van der Waals surface area contributed by atoms with Crippen molar-refractivity contribution in [3.05, 3.63) is 48.2 Å². The van der Waals surface area contributed by atoms with E-state index in [1.165, 1.54) is 23.7 Å². The second kappa shape index (κ2) is 5.97. The van der Waals surface area contributed by atoms with Crippen LogP contribution < -0.4 is 4.90 Å². The molecule has 0 saturated carbocycles. The average Bonchev–Trinajstić information content (AvgIpc) is 3.04. The Morgan fingerprint density at radius 2 is 1.69 bits per heavy atom. The van der Waals surface area contributed by atoms with Crippen molar-refractivity contribution >= 4 is 16.6 Å². The highest BCUT2D eigenvalue weighted by molar-refractivity contribution is 5.82. The third-order valence-electron chi connectivity index (χ3n) is 5.73. The average molecular weight is 357 g/mol. The minimum absolute atomic E-state index is 0.0663. The maximum Gasteiger partial charge on any atom is 0.194 e. The topological polar surface area (TPSA) is 41.3 Å². The molecule has 2 heterocycles. The fraction of sp³-hybridized carbons (Fsp3) is 0.350. The van der Waals surface area contributed by atoms with Crippen molar-refractivity contribution in [3.63, 3.8) is 0 Å². The SMILES string of the molecule is CCC1(CC)CN(c2ccc(-n3ncc4cc(F)c(O)c(F)c43)cc2)C1. The predicted molar refractivity (Wildman–Crippen MR) is 97.9 cm³/mol. The molecule has 26 heavy (non-hydrogen) atoms. The first-order valence-corrected chi connectivity index (χ1v) is 8.88. The van der Waals surface area contributed by atoms with Gasteiger partial charge in [0.1, 0.15) is 5.52 Å². The van der Waals surface area contributed by atoms with Gasteiger partial charge in [-0.05, 0) is 43.2 Å². The molecule has 1 fully saturated rings. The molecule has 0 bridgehead atoms. The third kappa shape index (κ3) is 2.43.